The van der Waals surface area contributed by atoms with Crippen LogP contribution in [0.25, 0.3) is 0 Å². The smallest absolute Gasteiger partial charge is 0.317 e. The number of carbonyl (C=O) groups excluding carboxylic acids is 2. The van der Waals surface area contributed by atoms with Crippen LogP contribution in [0.2, 0.25) is 0 Å². The fourth-order valence-corrected chi connectivity index (χ4v) is 4.05. The number of rotatable bonds is 4. The third kappa shape index (κ3) is 5.44. The zero-order valence-electron chi connectivity index (χ0n) is 16.0. The number of amides is 3. The summed E-state index contributed by atoms with van der Waals surface area (Å²) in [6.07, 6.45) is 7.11. The largest absolute Gasteiger partial charge is 0.353 e. The molecule has 1 saturated heterocycles. The Morgan fingerprint density at radius 3 is 2.48 bits per heavy atom. The lowest BCUT2D eigenvalue weighted by molar-refractivity contribution is -0.126. The number of hydrogen-bond donors (Lipinski definition) is 2. The highest BCUT2D eigenvalue weighted by molar-refractivity contribution is 5.79. The molecule has 1 aromatic carbocycles. The quantitative estimate of drug-likeness (QED) is 0.842. The zero-order chi connectivity index (χ0) is 19.2. The average Bonchev–Trinajstić information content (AvgIpc) is 2.69. The maximum Gasteiger partial charge on any atom is 0.317 e. The lowest BCUT2D eigenvalue weighted by atomic mass is 9.88. The van der Waals surface area contributed by atoms with Gasteiger partial charge in [-0.1, -0.05) is 31.4 Å². The standard InChI is InChI=1S/C21H30FN3O2/c1-15(17-8-5-9-18(22)14-17)23-21(27)25-12-10-19(11-13-25)24-20(26)16-6-3-2-4-7-16/h5,8-9,14-16,19H,2-4,6-7,10-13H2,1H3,(H,23,27)(H,24,26). The van der Waals surface area contributed by atoms with Crippen LogP contribution in [0.15, 0.2) is 24.3 Å². The third-order valence-corrected chi connectivity index (χ3v) is 5.79. The van der Waals surface area contributed by atoms with Crippen molar-refractivity contribution in [3.8, 4) is 0 Å². The van der Waals surface area contributed by atoms with Gasteiger partial charge in [0.15, 0.2) is 0 Å². The summed E-state index contributed by atoms with van der Waals surface area (Å²) in [7, 11) is 0. The SMILES string of the molecule is CC(NC(=O)N1CCC(NC(=O)C2CCCCC2)CC1)c1cccc(F)c1. The Morgan fingerprint density at radius 1 is 1.11 bits per heavy atom. The molecule has 1 heterocycles. The van der Waals surface area contributed by atoms with E-state index < -0.39 is 0 Å². The molecule has 0 bridgehead atoms. The number of carbonyl (C=O) groups is 2. The van der Waals surface area contributed by atoms with Gasteiger partial charge in [-0.2, -0.15) is 0 Å². The summed E-state index contributed by atoms with van der Waals surface area (Å²) in [6, 6.07) is 6.06. The first kappa shape index (κ1) is 19.6. The van der Waals surface area contributed by atoms with Gasteiger partial charge < -0.3 is 15.5 Å². The van der Waals surface area contributed by atoms with Crippen molar-refractivity contribution >= 4 is 11.9 Å². The minimum Gasteiger partial charge on any atom is -0.353 e. The second-order valence-electron chi connectivity index (χ2n) is 7.83. The van der Waals surface area contributed by atoms with E-state index in [1.165, 1.54) is 18.6 Å². The van der Waals surface area contributed by atoms with Crippen molar-refractivity contribution in [3.05, 3.63) is 35.6 Å². The zero-order valence-corrected chi connectivity index (χ0v) is 16.0. The van der Waals surface area contributed by atoms with Crippen molar-refractivity contribution in [1.29, 1.82) is 0 Å². The van der Waals surface area contributed by atoms with Crippen LogP contribution in [0.4, 0.5) is 9.18 Å². The molecular formula is C21H30FN3O2. The van der Waals surface area contributed by atoms with Crippen LogP contribution in [0.3, 0.4) is 0 Å². The van der Waals surface area contributed by atoms with Crippen molar-refractivity contribution in [2.45, 2.75) is 64.0 Å². The summed E-state index contributed by atoms with van der Waals surface area (Å²) in [4.78, 5) is 26.6. The highest BCUT2D eigenvalue weighted by atomic mass is 19.1. The minimum absolute atomic E-state index is 0.135. The molecule has 0 radical (unpaired) electrons. The maximum absolute atomic E-state index is 13.3. The summed E-state index contributed by atoms with van der Waals surface area (Å²) in [6.45, 7) is 3.10. The minimum atomic E-state index is -0.303. The fraction of sp³-hybridized carbons (Fsp3) is 0.619. The van der Waals surface area contributed by atoms with Crippen LogP contribution in [0, 0.1) is 11.7 Å². The first-order valence-corrected chi connectivity index (χ1v) is 10.1. The first-order valence-electron chi connectivity index (χ1n) is 10.1. The van der Waals surface area contributed by atoms with Crippen LogP contribution >= 0.6 is 0 Å². The summed E-state index contributed by atoms with van der Waals surface area (Å²) in [5.74, 6) is 0.0626. The highest BCUT2D eigenvalue weighted by Crippen LogP contribution is 2.24. The number of likely N-dealkylation sites (tertiary alicyclic amines) is 1. The van der Waals surface area contributed by atoms with Gasteiger partial charge in [-0.15, -0.1) is 0 Å². The molecule has 3 rings (SSSR count). The van der Waals surface area contributed by atoms with E-state index >= 15 is 0 Å². The predicted molar refractivity (Wildman–Crippen MR) is 103 cm³/mol. The summed E-state index contributed by atoms with van der Waals surface area (Å²) >= 11 is 0. The van der Waals surface area contributed by atoms with E-state index in [9.17, 15) is 14.0 Å². The Labute approximate surface area is 160 Å². The van der Waals surface area contributed by atoms with Crippen molar-refractivity contribution in [2.75, 3.05) is 13.1 Å². The number of halogens is 1. The molecule has 1 aliphatic heterocycles. The number of nitrogens with zero attached hydrogens (tertiary/aromatic N) is 1. The Hall–Kier alpha value is -2.11. The van der Waals surface area contributed by atoms with Crippen molar-refractivity contribution in [1.82, 2.24) is 15.5 Å². The lowest BCUT2D eigenvalue weighted by Gasteiger charge is -2.34. The molecule has 1 saturated carbocycles. The molecule has 0 aromatic heterocycles. The molecule has 6 heteroatoms. The van der Waals surface area contributed by atoms with Crippen LogP contribution in [-0.4, -0.2) is 36.0 Å². The molecule has 1 atom stereocenters. The molecule has 27 heavy (non-hydrogen) atoms. The molecule has 148 valence electrons. The Morgan fingerprint density at radius 2 is 1.81 bits per heavy atom. The molecule has 1 aromatic rings. The van der Waals surface area contributed by atoms with Gasteiger partial charge in [0.2, 0.25) is 5.91 Å². The normalized spacial score (nSPS) is 20.1. The molecule has 2 aliphatic rings. The van der Waals surface area contributed by atoms with E-state index in [0.717, 1.165) is 44.1 Å². The van der Waals surface area contributed by atoms with Crippen LogP contribution < -0.4 is 10.6 Å². The molecule has 1 aliphatic carbocycles. The molecule has 2 N–H and O–H groups in total. The van der Waals surface area contributed by atoms with Crippen LogP contribution in [0.1, 0.15) is 63.5 Å². The van der Waals surface area contributed by atoms with Crippen molar-refractivity contribution < 1.29 is 14.0 Å². The van der Waals surface area contributed by atoms with Crippen molar-refractivity contribution in [3.63, 3.8) is 0 Å². The predicted octanol–water partition coefficient (Wildman–Crippen LogP) is 3.76. The Kier molecular flexibility index (Phi) is 6.69. The molecule has 1 unspecified atom stereocenters. The van der Waals surface area contributed by atoms with Crippen LogP contribution in [-0.2, 0) is 4.79 Å². The van der Waals surface area contributed by atoms with Crippen LogP contribution in [0.5, 0.6) is 0 Å². The van der Waals surface area contributed by atoms with Crippen molar-refractivity contribution in [2.24, 2.45) is 5.92 Å². The average molecular weight is 375 g/mol. The van der Waals surface area contributed by atoms with Gasteiger partial charge in [-0.25, -0.2) is 9.18 Å². The second kappa shape index (κ2) is 9.20. The molecule has 3 amide bonds. The van der Waals surface area contributed by atoms with Gasteiger partial charge >= 0.3 is 6.03 Å². The van der Waals surface area contributed by atoms with Gasteiger partial charge in [-0.3, -0.25) is 4.79 Å². The van der Waals surface area contributed by atoms with E-state index in [-0.39, 0.29) is 35.8 Å². The van der Waals surface area contributed by atoms with E-state index in [1.54, 1.807) is 17.0 Å². The van der Waals surface area contributed by atoms with Gasteiger partial charge in [-0.05, 0) is 50.3 Å². The molecule has 2 fully saturated rings. The van der Waals surface area contributed by atoms with E-state index in [1.807, 2.05) is 6.92 Å². The van der Waals surface area contributed by atoms with E-state index in [4.69, 9.17) is 0 Å². The number of piperidine rings is 1. The first-order chi connectivity index (χ1) is 13.0. The summed E-state index contributed by atoms with van der Waals surface area (Å²) in [5, 5.41) is 6.12. The third-order valence-electron chi connectivity index (χ3n) is 5.79. The topological polar surface area (TPSA) is 61.4 Å². The maximum atomic E-state index is 13.3. The number of urea groups is 1. The van der Waals surface area contributed by atoms with Gasteiger partial charge in [0.25, 0.3) is 0 Å². The van der Waals surface area contributed by atoms with E-state index in [2.05, 4.69) is 10.6 Å². The van der Waals surface area contributed by atoms with E-state index in [0.29, 0.717) is 13.1 Å². The van der Waals surface area contributed by atoms with Gasteiger partial charge in [0.1, 0.15) is 5.82 Å². The Bertz CT molecular complexity index is 653. The fourth-order valence-electron chi connectivity index (χ4n) is 4.05. The molecular weight excluding hydrogens is 345 g/mol. The van der Waals surface area contributed by atoms with Gasteiger partial charge in [0, 0.05) is 25.0 Å². The number of nitrogens with one attached hydrogen (secondary N) is 2. The number of benzene rings is 1. The Balaban J connectivity index is 1.43. The van der Waals surface area contributed by atoms with Gasteiger partial charge in [0.05, 0.1) is 6.04 Å². The number of hydrogen-bond acceptors (Lipinski definition) is 2. The molecule has 5 nitrogen and oxygen atoms in total. The summed E-state index contributed by atoms with van der Waals surface area (Å²) < 4.78 is 13.3. The monoisotopic (exact) mass is 375 g/mol. The molecule has 0 spiro atoms. The lowest BCUT2D eigenvalue weighted by Crippen LogP contribution is -2.50. The highest BCUT2D eigenvalue weighted by Gasteiger charge is 2.27. The summed E-state index contributed by atoms with van der Waals surface area (Å²) in [5.41, 5.74) is 0.748. The second-order valence-corrected chi connectivity index (χ2v) is 7.83.